The zero-order chi connectivity index (χ0) is 22.7. The average molecular weight is 469 g/mol. The number of aromatic nitrogens is 5. The molecule has 11 heteroatoms. The standard InChI is InChI=1S/C21H17ClN6O3S/c1-3-12-27-18(14-4-8-16(22)9-5-14)23-26-21(27)32-13(2)19-24-25-20(31-19)15-6-10-17(11-7-15)28(29)30/h3-11,13H,1,12H2,2H3/t13-/m1/s1. The van der Waals surface area contributed by atoms with E-state index in [1.54, 1.807) is 30.3 Å². The molecule has 0 aliphatic carbocycles. The number of benzene rings is 2. The van der Waals surface area contributed by atoms with E-state index in [1.165, 1.54) is 23.9 Å². The molecule has 4 rings (SSSR count). The molecule has 0 N–H and O–H groups in total. The minimum absolute atomic E-state index is 0.00420. The third-order valence-electron chi connectivity index (χ3n) is 4.53. The van der Waals surface area contributed by atoms with E-state index in [-0.39, 0.29) is 16.8 Å². The third kappa shape index (κ3) is 4.56. The zero-order valence-corrected chi connectivity index (χ0v) is 18.5. The Kier molecular flexibility index (Phi) is 6.33. The van der Waals surface area contributed by atoms with E-state index in [1.807, 2.05) is 23.6 Å². The lowest BCUT2D eigenvalue weighted by atomic mass is 10.2. The van der Waals surface area contributed by atoms with Gasteiger partial charge < -0.3 is 4.42 Å². The van der Waals surface area contributed by atoms with Crippen molar-refractivity contribution in [2.24, 2.45) is 0 Å². The summed E-state index contributed by atoms with van der Waals surface area (Å²) < 4.78 is 7.75. The molecular formula is C21H17ClN6O3S. The molecule has 2 heterocycles. The molecule has 0 spiro atoms. The topological polar surface area (TPSA) is 113 Å². The van der Waals surface area contributed by atoms with Gasteiger partial charge in [-0.25, -0.2) is 0 Å². The molecule has 2 aromatic heterocycles. The Morgan fingerprint density at radius 1 is 1.12 bits per heavy atom. The van der Waals surface area contributed by atoms with Crippen molar-refractivity contribution in [1.29, 1.82) is 0 Å². The predicted molar refractivity (Wildman–Crippen MR) is 121 cm³/mol. The fourth-order valence-electron chi connectivity index (χ4n) is 2.93. The van der Waals surface area contributed by atoms with Gasteiger partial charge >= 0.3 is 0 Å². The maximum atomic E-state index is 10.8. The molecule has 0 radical (unpaired) electrons. The van der Waals surface area contributed by atoms with Crippen LogP contribution in [0.15, 0.2) is 70.8 Å². The van der Waals surface area contributed by atoms with Crippen LogP contribution in [0, 0.1) is 10.1 Å². The van der Waals surface area contributed by atoms with Crippen LogP contribution in [0.1, 0.15) is 18.1 Å². The van der Waals surface area contributed by atoms with Crippen molar-refractivity contribution in [3.05, 3.63) is 82.2 Å². The number of thioether (sulfide) groups is 1. The van der Waals surface area contributed by atoms with Gasteiger partial charge in [0.25, 0.3) is 5.69 Å². The van der Waals surface area contributed by atoms with Crippen LogP contribution in [-0.2, 0) is 6.54 Å². The maximum absolute atomic E-state index is 10.8. The second-order valence-electron chi connectivity index (χ2n) is 6.72. The van der Waals surface area contributed by atoms with E-state index >= 15 is 0 Å². The molecule has 0 unspecified atom stereocenters. The van der Waals surface area contributed by atoms with E-state index in [0.717, 1.165) is 5.56 Å². The van der Waals surface area contributed by atoms with Gasteiger partial charge in [0.05, 0.1) is 10.2 Å². The molecule has 162 valence electrons. The Bertz CT molecular complexity index is 1250. The summed E-state index contributed by atoms with van der Waals surface area (Å²) in [6.45, 7) is 6.28. The minimum Gasteiger partial charge on any atom is -0.419 e. The molecule has 0 saturated carbocycles. The van der Waals surface area contributed by atoms with Gasteiger partial charge in [-0.05, 0) is 43.3 Å². The molecule has 0 aliphatic heterocycles. The van der Waals surface area contributed by atoms with Gasteiger partial charge in [0, 0.05) is 34.8 Å². The Hall–Kier alpha value is -3.50. The molecule has 32 heavy (non-hydrogen) atoms. The van der Waals surface area contributed by atoms with Crippen LogP contribution in [0.3, 0.4) is 0 Å². The van der Waals surface area contributed by atoms with Crippen LogP contribution in [0.2, 0.25) is 5.02 Å². The number of nitrogens with zero attached hydrogens (tertiary/aromatic N) is 6. The van der Waals surface area contributed by atoms with Gasteiger partial charge in [0.15, 0.2) is 11.0 Å². The molecular weight excluding hydrogens is 452 g/mol. The summed E-state index contributed by atoms with van der Waals surface area (Å²) in [7, 11) is 0. The van der Waals surface area contributed by atoms with Crippen LogP contribution in [0.4, 0.5) is 5.69 Å². The lowest BCUT2D eigenvalue weighted by molar-refractivity contribution is -0.384. The highest BCUT2D eigenvalue weighted by Crippen LogP contribution is 2.36. The van der Waals surface area contributed by atoms with Gasteiger partial charge in [-0.1, -0.05) is 29.4 Å². The number of hydrogen-bond acceptors (Lipinski definition) is 8. The number of non-ortho nitro benzene ring substituents is 1. The number of allylic oxidation sites excluding steroid dienone is 1. The summed E-state index contributed by atoms with van der Waals surface area (Å²) in [6.07, 6.45) is 1.77. The largest absolute Gasteiger partial charge is 0.419 e. The van der Waals surface area contributed by atoms with Crippen LogP contribution < -0.4 is 0 Å². The summed E-state index contributed by atoms with van der Waals surface area (Å²) in [5, 5.41) is 28.8. The average Bonchev–Trinajstić information content (AvgIpc) is 3.43. The van der Waals surface area contributed by atoms with Crippen molar-refractivity contribution in [2.75, 3.05) is 0 Å². The monoisotopic (exact) mass is 468 g/mol. The number of halogens is 1. The zero-order valence-electron chi connectivity index (χ0n) is 16.9. The highest BCUT2D eigenvalue weighted by molar-refractivity contribution is 7.99. The Balaban J connectivity index is 1.55. The molecule has 2 aromatic carbocycles. The van der Waals surface area contributed by atoms with Crippen LogP contribution in [0.25, 0.3) is 22.8 Å². The highest BCUT2D eigenvalue weighted by atomic mass is 35.5. The number of rotatable bonds is 8. The lowest BCUT2D eigenvalue weighted by Gasteiger charge is -2.10. The Morgan fingerprint density at radius 2 is 1.81 bits per heavy atom. The van der Waals surface area contributed by atoms with Crippen molar-refractivity contribution >= 4 is 29.1 Å². The summed E-state index contributed by atoms with van der Waals surface area (Å²) in [6, 6.07) is 13.3. The number of nitro groups is 1. The molecule has 0 amide bonds. The van der Waals surface area contributed by atoms with E-state index < -0.39 is 4.92 Å². The molecule has 0 bridgehead atoms. The summed E-state index contributed by atoms with van der Waals surface area (Å²) in [5.41, 5.74) is 1.49. The first-order valence-electron chi connectivity index (χ1n) is 9.51. The van der Waals surface area contributed by atoms with Crippen LogP contribution in [0.5, 0.6) is 0 Å². The van der Waals surface area contributed by atoms with Gasteiger partial charge in [-0.2, -0.15) is 0 Å². The molecule has 0 aliphatic rings. The molecule has 9 nitrogen and oxygen atoms in total. The fourth-order valence-corrected chi connectivity index (χ4v) is 3.95. The van der Waals surface area contributed by atoms with Gasteiger partial charge in [0.1, 0.15) is 0 Å². The molecule has 0 saturated heterocycles. The summed E-state index contributed by atoms with van der Waals surface area (Å²) in [4.78, 5) is 10.4. The second-order valence-corrected chi connectivity index (χ2v) is 8.47. The van der Waals surface area contributed by atoms with Gasteiger partial charge in [-0.15, -0.1) is 27.0 Å². The summed E-state index contributed by atoms with van der Waals surface area (Å²) in [5.74, 6) is 1.40. The first-order valence-corrected chi connectivity index (χ1v) is 10.8. The van der Waals surface area contributed by atoms with Crippen LogP contribution >= 0.6 is 23.4 Å². The van der Waals surface area contributed by atoms with Crippen molar-refractivity contribution in [3.8, 4) is 22.8 Å². The first kappa shape index (κ1) is 21.7. The highest BCUT2D eigenvalue weighted by Gasteiger charge is 2.21. The quantitative estimate of drug-likeness (QED) is 0.142. The van der Waals surface area contributed by atoms with Gasteiger partial charge in [0.2, 0.25) is 11.8 Å². The maximum Gasteiger partial charge on any atom is 0.269 e. The first-order chi connectivity index (χ1) is 15.5. The normalized spacial score (nSPS) is 11.9. The van der Waals surface area contributed by atoms with E-state index in [4.69, 9.17) is 16.0 Å². The molecule has 4 aromatic rings. The lowest BCUT2D eigenvalue weighted by Crippen LogP contribution is -2.01. The van der Waals surface area contributed by atoms with Crippen molar-refractivity contribution in [1.82, 2.24) is 25.0 Å². The summed E-state index contributed by atoms with van der Waals surface area (Å²) >= 11 is 7.42. The molecule has 0 fully saturated rings. The number of nitro benzene ring substituents is 1. The van der Waals surface area contributed by atoms with Crippen LogP contribution in [-0.4, -0.2) is 29.9 Å². The fraction of sp³-hybridized carbons (Fsp3) is 0.143. The Morgan fingerprint density at radius 3 is 2.47 bits per heavy atom. The molecule has 1 atom stereocenters. The Labute approximate surface area is 192 Å². The minimum atomic E-state index is -0.459. The van der Waals surface area contributed by atoms with Crippen molar-refractivity contribution in [3.63, 3.8) is 0 Å². The number of hydrogen-bond donors (Lipinski definition) is 0. The van der Waals surface area contributed by atoms with E-state index in [2.05, 4.69) is 27.0 Å². The van der Waals surface area contributed by atoms with E-state index in [0.29, 0.717) is 34.0 Å². The van der Waals surface area contributed by atoms with Crippen molar-refractivity contribution in [2.45, 2.75) is 23.9 Å². The SMILES string of the molecule is C=CCn1c(S[C@H](C)c2nnc(-c3ccc([N+](=O)[O-])cc3)o2)nnc1-c1ccc(Cl)cc1. The van der Waals surface area contributed by atoms with E-state index in [9.17, 15) is 10.1 Å². The van der Waals surface area contributed by atoms with Crippen molar-refractivity contribution < 1.29 is 9.34 Å². The second kappa shape index (κ2) is 9.33. The van der Waals surface area contributed by atoms with Gasteiger partial charge in [-0.3, -0.25) is 14.7 Å². The predicted octanol–water partition coefficient (Wildman–Crippen LogP) is 5.60. The third-order valence-corrected chi connectivity index (χ3v) is 5.85. The smallest absolute Gasteiger partial charge is 0.269 e.